The molecule has 0 amide bonds. The van der Waals surface area contributed by atoms with Gasteiger partial charge in [-0.15, -0.1) is 10.2 Å². The van der Waals surface area contributed by atoms with Crippen molar-refractivity contribution in [1.29, 1.82) is 0 Å². The van der Waals surface area contributed by atoms with Crippen LogP contribution < -0.4 is 4.90 Å². The van der Waals surface area contributed by atoms with Gasteiger partial charge in [0, 0.05) is 44.3 Å². The summed E-state index contributed by atoms with van der Waals surface area (Å²) in [6.07, 6.45) is 0. The van der Waals surface area contributed by atoms with Crippen LogP contribution in [0.1, 0.15) is 0 Å². The molecule has 0 spiro atoms. The Morgan fingerprint density at radius 3 is 1.70 bits per heavy atom. The summed E-state index contributed by atoms with van der Waals surface area (Å²) in [6, 6.07) is 73.0. The smallest absolute Gasteiger partial charge is 0.227 e. The van der Waals surface area contributed by atoms with Crippen LogP contribution in [0.2, 0.25) is 0 Å². The number of hydrogen-bond donors (Lipinski definition) is 0. The standard InChI is InChI=1S/C55H34N4O/c1-2-8-38-31-39(14-13-35(38)7-1)40-21-27-47-41(32-40)15-16-42-33-46(26-28-48(42)47)59(45-24-19-37(20-25-45)53-34-43-9-3-5-11-52(43)57-58-53)44-22-17-36(18-23-44)51-30-29-50-49-10-4-6-12-54(49)60-55(50)56-51/h1-34H. The Morgan fingerprint density at radius 2 is 0.900 bits per heavy atom. The lowest BCUT2D eigenvalue weighted by Gasteiger charge is -2.26. The first-order valence-corrected chi connectivity index (χ1v) is 20.2. The molecule has 0 aliphatic carbocycles. The van der Waals surface area contributed by atoms with E-state index >= 15 is 0 Å². The van der Waals surface area contributed by atoms with Gasteiger partial charge in [-0.25, -0.2) is 4.98 Å². The molecule has 0 atom stereocenters. The molecule has 0 bridgehead atoms. The largest absolute Gasteiger partial charge is 0.438 e. The average Bonchev–Trinajstić information content (AvgIpc) is 3.69. The fourth-order valence-corrected chi connectivity index (χ4v) is 8.65. The maximum Gasteiger partial charge on any atom is 0.227 e. The normalized spacial score (nSPS) is 11.7. The molecule has 3 aromatic heterocycles. The highest BCUT2D eigenvalue weighted by Crippen LogP contribution is 2.40. The van der Waals surface area contributed by atoms with Crippen molar-refractivity contribution in [2.45, 2.75) is 0 Å². The van der Waals surface area contributed by atoms with E-state index in [-0.39, 0.29) is 0 Å². The highest BCUT2D eigenvalue weighted by molar-refractivity contribution is 6.10. The minimum Gasteiger partial charge on any atom is -0.438 e. The van der Waals surface area contributed by atoms with Crippen molar-refractivity contribution < 1.29 is 4.42 Å². The minimum atomic E-state index is 0.643. The second kappa shape index (κ2) is 13.8. The van der Waals surface area contributed by atoms with Crippen molar-refractivity contribution in [2.24, 2.45) is 0 Å². The van der Waals surface area contributed by atoms with Gasteiger partial charge in [0.15, 0.2) is 0 Å². The summed E-state index contributed by atoms with van der Waals surface area (Å²) in [5.74, 6) is 0. The predicted molar refractivity (Wildman–Crippen MR) is 248 cm³/mol. The third kappa shape index (κ3) is 5.83. The van der Waals surface area contributed by atoms with Crippen molar-refractivity contribution in [3.05, 3.63) is 206 Å². The number of nitrogens with zero attached hydrogens (tertiary/aromatic N) is 4. The van der Waals surface area contributed by atoms with E-state index in [1.54, 1.807) is 0 Å². The van der Waals surface area contributed by atoms with Gasteiger partial charge in [-0.3, -0.25) is 0 Å². The van der Waals surface area contributed by atoms with Crippen molar-refractivity contribution >= 4 is 82.4 Å². The molecule has 9 aromatic carbocycles. The molecule has 0 fully saturated rings. The lowest BCUT2D eigenvalue weighted by atomic mass is 9.96. The van der Waals surface area contributed by atoms with E-state index in [1.165, 1.54) is 43.4 Å². The van der Waals surface area contributed by atoms with Crippen LogP contribution in [-0.2, 0) is 0 Å². The number of furan rings is 1. The second-order valence-electron chi connectivity index (χ2n) is 15.3. The molecule has 0 radical (unpaired) electrons. The van der Waals surface area contributed by atoms with Crippen LogP contribution in [0.4, 0.5) is 17.1 Å². The first kappa shape index (κ1) is 33.9. The molecule has 12 rings (SSSR count). The summed E-state index contributed by atoms with van der Waals surface area (Å²) in [6.45, 7) is 0. The van der Waals surface area contributed by atoms with Crippen LogP contribution >= 0.6 is 0 Å². The number of anilines is 3. The van der Waals surface area contributed by atoms with E-state index in [0.717, 1.165) is 66.8 Å². The maximum absolute atomic E-state index is 6.13. The van der Waals surface area contributed by atoms with Crippen LogP contribution in [-0.4, -0.2) is 15.2 Å². The van der Waals surface area contributed by atoms with Gasteiger partial charge in [0.2, 0.25) is 5.71 Å². The first-order valence-electron chi connectivity index (χ1n) is 20.2. The van der Waals surface area contributed by atoms with E-state index in [0.29, 0.717) is 5.71 Å². The second-order valence-corrected chi connectivity index (χ2v) is 15.3. The zero-order chi connectivity index (χ0) is 39.6. The Balaban J connectivity index is 0.929. The van der Waals surface area contributed by atoms with Gasteiger partial charge in [0.1, 0.15) is 5.58 Å². The van der Waals surface area contributed by atoms with Crippen LogP contribution in [0.15, 0.2) is 211 Å². The Bertz CT molecular complexity index is 3610. The van der Waals surface area contributed by atoms with Crippen LogP contribution in [0.5, 0.6) is 0 Å². The molecule has 60 heavy (non-hydrogen) atoms. The number of para-hydroxylation sites is 1. The SMILES string of the molecule is c1ccc2cc(-c3ccc4c(ccc5cc(N(c6ccc(-c7cc8ccccc8nn7)cc6)c6ccc(-c7ccc8c(n7)oc7ccccc78)cc6)ccc54)c3)ccc2c1. The molecule has 5 nitrogen and oxygen atoms in total. The minimum absolute atomic E-state index is 0.643. The van der Waals surface area contributed by atoms with Crippen molar-refractivity contribution in [3.63, 3.8) is 0 Å². The van der Waals surface area contributed by atoms with E-state index < -0.39 is 0 Å². The summed E-state index contributed by atoms with van der Waals surface area (Å²) >= 11 is 0. The van der Waals surface area contributed by atoms with E-state index in [9.17, 15) is 0 Å². The van der Waals surface area contributed by atoms with Gasteiger partial charge in [0.25, 0.3) is 0 Å². The molecular weight excluding hydrogens is 733 g/mol. The van der Waals surface area contributed by atoms with Crippen LogP contribution in [0, 0.1) is 0 Å². The van der Waals surface area contributed by atoms with Gasteiger partial charge >= 0.3 is 0 Å². The summed E-state index contributed by atoms with van der Waals surface area (Å²) in [5, 5.41) is 19.5. The number of hydrogen-bond acceptors (Lipinski definition) is 5. The van der Waals surface area contributed by atoms with Gasteiger partial charge in [0.05, 0.1) is 16.9 Å². The topological polar surface area (TPSA) is 55.1 Å². The fourth-order valence-electron chi connectivity index (χ4n) is 8.65. The van der Waals surface area contributed by atoms with Crippen molar-refractivity contribution in [1.82, 2.24) is 15.2 Å². The molecule has 0 N–H and O–H groups in total. The molecule has 0 aliphatic rings. The Morgan fingerprint density at radius 1 is 0.333 bits per heavy atom. The van der Waals surface area contributed by atoms with Gasteiger partial charge in [-0.1, -0.05) is 127 Å². The molecule has 3 heterocycles. The van der Waals surface area contributed by atoms with Crippen molar-refractivity contribution in [3.8, 4) is 33.6 Å². The molecule has 0 saturated carbocycles. The lowest BCUT2D eigenvalue weighted by Crippen LogP contribution is -2.10. The van der Waals surface area contributed by atoms with Gasteiger partial charge < -0.3 is 9.32 Å². The zero-order valence-electron chi connectivity index (χ0n) is 32.3. The monoisotopic (exact) mass is 766 g/mol. The molecule has 0 saturated heterocycles. The molecule has 280 valence electrons. The van der Waals surface area contributed by atoms with Gasteiger partial charge in [-0.05, 0) is 122 Å². The fraction of sp³-hybridized carbons (Fsp3) is 0. The number of rotatable bonds is 6. The lowest BCUT2D eigenvalue weighted by molar-refractivity contribution is 0.654. The first-order chi connectivity index (χ1) is 29.7. The maximum atomic E-state index is 6.13. The third-order valence-corrected chi connectivity index (χ3v) is 11.7. The molecule has 0 aliphatic heterocycles. The molecular formula is C55H34N4O. The van der Waals surface area contributed by atoms with E-state index in [4.69, 9.17) is 9.40 Å². The highest BCUT2D eigenvalue weighted by Gasteiger charge is 2.16. The van der Waals surface area contributed by atoms with E-state index in [2.05, 4.69) is 185 Å². The summed E-state index contributed by atoms with van der Waals surface area (Å²) in [5.41, 5.74) is 11.6. The zero-order valence-corrected chi connectivity index (χ0v) is 32.3. The Labute approximate surface area is 345 Å². The predicted octanol–water partition coefficient (Wildman–Crippen LogP) is 14.9. The van der Waals surface area contributed by atoms with Crippen LogP contribution in [0.25, 0.3) is 98.9 Å². The average molecular weight is 767 g/mol. The van der Waals surface area contributed by atoms with E-state index in [1.807, 2.05) is 36.4 Å². The number of benzene rings is 9. The van der Waals surface area contributed by atoms with Crippen molar-refractivity contribution in [2.75, 3.05) is 4.90 Å². The highest BCUT2D eigenvalue weighted by atomic mass is 16.3. The molecule has 12 aromatic rings. The van der Waals surface area contributed by atoms with Crippen LogP contribution in [0.3, 0.4) is 0 Å². The third-order valence-electron chi connectivity index (χ3n) is 11.7. The molecule has 0 unspecified atom stereocenters. The molecule has 5 heteroatoms. The Kier molecular flexibility index (Phi) is 7.78. The summed E-state index contributed by atoms with van der Waals surface area (Å²) in [4.78, 5) is 7.24. The summed E-state index contributed by atoms with van der Waals surface area (Å²) in [7, 11) is 0. The number of fused-ring (bicyclic) bond motifs is 8. The number of pyridine rings is 1. The quantitative estimate of drug-likeness (QED) is 0.158. The number of aromatic nitrogens is 3. The van der Waals surface area contributed by atoms with Gasteiger partial charge in [-0.2, -0.15) is 0 Å². The Hall–Kier alpha value is -8.15. The summed E-state index contributed by atoms with van der Waals surface area (Å²) < 4.78 is 6.13.